The topological polar surface area (TPSA) is 52.6 Å². The van der Waals surface area contributed by atoms with Crippen molar-refractivity contribution in [3.8, 4) is 0 Å². The second-order valence-electron chi connectivity index (χ2n) is 6.80. The molecule has 1 aromatic carbocycles. The molecule has 120 valence electrons. The largest absolute Gasteiger partial charge is 0.393 e. The third-order valence-corrected chi connectivity index (χ3v) is 5.05. The van der Waals surface area contributed by atoms with Crippen LogP contribution in [0.5, 0.6) is 0 Å². The molecule has 1 heterocycles. The molecule has 1 aromatic rings. The van der Waals surface area contributed by atoms with Crippen LogP contribution in [0.4, 0.5) is 5.69 Å². The number of nitrogens with one attached hydrogen (secondary N) is 1. The highest BCUT2D eigenvalue weighted by molar-refractivity contribution is 5.90. The number of piperidine rings is 1. The van der Waals surface area contributed by atoms with Crippen molar-refractivity contribution in [2.75, 3.05) is 18.4 Å². The van der Waals surface area contributed by atoms with E-state index in [1.165, 1.54) is 5.56 Å². The molecular weight excluding hydrogens is 276 g/mol. The molecule has 2 N–H and O–H groups in total. The smallest absolute Gasteiger partial charge is 0.248 e. The van der Waals surface area contributed by atoms with Crippen LogP contribution in [0.25, 0.3) is 0 Å². The Bertz CT molecular complexity index is 512. The first-order valence-corrected chi connectivity index (χ1v) is 8.41. The van der Waals surface area contributed by atoms with Gasteiger partial charge in [-0.3, -0.25) is 4.79 Å². The van der Waals surface area contributed by atoms with Crippen molar-refractivity contribution in [1.29, 1.82) is 0 Å². The summed E-state index contributed by atoms with van der Waals surface area (Å²) in [6.07, 6.45) is 5.16. The summed E-state index contributed by atoms with van der Waals surface area (Å²) in [4.78, 5) is 15.0. The molecule has 1 aliphatic carbocycles. The number of aliphatic hydroxyl groups excluding tert-OH is 1. The highest BCUT2D eigenvalue weighted by Crippen LogP contribution is 2.35. The number of nitrogens with zero attached hydrogens (tertiary/aromatic N) is 1. The van der Waals surface area contributed by atoms with Crippen LogP contribution in [0.15, 0.2) is 24.3 Å². The fourth-order valence-electron chi connectivity index (χ4n) is 3.66. The third-order valence-electron chi connectivity index (χ3n) is 5.05. The molecule has 1 amide bonds. The molecule has 4 heteroatoms. The summed E-state index contributed by atoms with van der Waals surface area (Å²) >= 11 is 0. The van der Waals surface area contributed by atoms with Crippen molar-refractivity contribution in [1.82, 2.24) is 4.90 Å². The van der Waals surface area contributed by atoms with Gasteiger partial charge in [0.05, 0.1) is 6.10 Å². The highest BCUT2D eigenvalue weighted by Gasteiger charge is 2.44. The van der Waals surface area contributed by atoms with Crippen LogP contribution < -0.4 is 5.32 Å². The minimum absolute atomic E-state index is 0.220. The van der Waals surface area contributed by atoms with Gasteiger partial charge < -0.3 is 15.3 Å². The first kappa shape index (κ1) is 15.3. The van der Waals surface area contributed by atoms with Crippen LogP contribution >= 0.6 is 0 Å². The highest BCUT2D eigenvalue weighted by atomic mass is 16.3. The monoisotopic (exact) mass is 302 g/mol. The Hall–Kier alpha value is -1.55. The quantitative estimate of drug-likeness (QED) is 0.902. The number of benzene rings is 1. The summed E-state index contributed by atoms with van der Waals surface area (Å²) < 4.78 is 0. The van der Waals surface area contributed by atoms with E-state index in [9.17, 15) is 9.90 Å². The van der Waals surface area contributed by atoms with E-state index in [-0.39, 0.29) is 12.0 Å². The molecule has 1 aliphatic heterocycles. The Kier molecular flexibility index (Phi) is 4.39. The van der Waals surface area contributed by atoms with Crippen LogP contribution in [0, 0.1) is 6.92 Å². The number of aryl methyl sites for hydroxylation is 1. The van der Waals surface area contributed by atoms with Gasteiger partial charge in [0.15, 0.2) is 0 Å². The molecule has 1 saturated heterocycles. The Morgan fingerprint density at radius 2 is 1.77 bits per heavy atom. The van der Waals surface area contributed by atoms with Crippen molar-refractivity contribution in [2.24, 2.45) is 0 Å². The van der Waals surface area contributed by atoms with Crippen molar-refractivity contribution in [3.63, 3.8) is 0 Å². The van der Waals surface area contributed by atoms with Gasteiger partial charge in [-0.1, -0.05) is 30.5 Å². The summed E-state index contributed by atoms with van der Waals surface area (Å²) in [6.45, 7) is 3.42. The van der Waals surface area contributed by atoms with Gasteiger partial charge in [0.1, 0.15) is 5.54 Å². The molecule has 2 aliphatic rings. The summed E-state index contributed by atoms with van der Waals surface area (Å²) in [5.41, 5.74) is 1.80. The van der Waals surface area contributed by atoms with Crippen LogP contribution in [-0.2, 0) is 4.79 Å². The van der Waals surface area contributed by atoms with E-state index in [1.807, 2.05) is 4.90 Å². The van der Waals surface area contributed by atoms with Gasteiger partial charge in [0, 0.05) is 18.8 Å². The van der Waals surface area contributed by atoms with E-state index in [0.29, 0.717) is 25.9 Å². The van der Waals surface area contributed by atoms with Crippen molar-refractivity contribution >= 4 is 11.6 Å². The van der Waals surface area contributed by atoms with Gasteiger partial charge in [-0.15, -0.1) is 0 Å². The maximum Gasteiger partial charge on any atom is 0.248 e. The third kappa shape index (κ3) is 3.12. The van der Waals surface area contributed by atoms with Crippen molar-refractivity contribution in [2.45, 2.75) is 57.1 Å². The first-order chi connectivity index (χ1) is 10.6. The zero-order chi connectivity index (χ0) is 15.6. The number of carbonyl (C=O) groups is 1. The molecule has 0 radical (unpaired) electrons. The minimum Gasteiger partial charge on any atom is -0.393 e. The normalized spacial score (nSPS) is 21.8. The zero-order valence-corrected chi connectivity index (χ0v) is 13.3. The number of anilines is 1. The van der Waals surface area contributed by atoms with E-state index in [0.717, 1.165) is 31.4 Å². The van der Waals surface area contributed by atoms with Gasteiger partial charge >= 0.3 is 0 Å². The standard InChI is InChI=1S/C18H26N2O2/c1-14-4-6-15(7-5-14)19-18(10-2-3-11-18)17(22)20-12-8-16(21)9-13-20/h4-7,16,19,21H,2-3,8-13H2,1H3. The van der Waals surface area contributed by atoms with E-state index in [1.54, 1.807) is 0 Å². The zero-order valence-electron chi connectivity index (χ0n) is 13.3. The predicted octanol–water partition coefficient (Wildman–Crippen LogP) is 2.70. The van der Waals surface area contributed by atoms with Gasteiger partial charge in [-0.2, -0.15) is 0 Å². The number of rotatable bonds is 3. The molecule has 0 atom stereocenters. The fourth-order valence-corrected chi connectivity index (χ4v) is 3.66. The summed E-state index contributed by atoms with van der Waals surface area (Å²) in [6, 6.07) is 8.27. The molecule has 1 saturated carbocycles. The Balaban J connectivity index is 1.76. The molecule has 0 aromatic heterocycles. The first-order valence-electron chi connectivity index (χ1n) is 8.41. The average Bonchev–Trinajstić information content (AvgIpc) is 2.99. The SMILES string of the molecule is Cc1ccc(NC2(C(=O)N3CCC(O)CC3)CCCC2)cc1. The predicted molar refractivity (Wildman–Crippen MR) is 87.8 cm³/mol. The second-order valence-corrected chi connectivity index (χ2v) is 6.80. The molecule has 3 rings (SSSR count). The maximum absolute atomic E-state index is 13.1. The molecule has 4 nitrogen and oxygen atoms in total. The molecule has 22 heavy (non-hydrogen) atoms. The lowest BCUT2D eigenvalue weighted by molar-refractivity contribution is -0.137. The number of hydrogen-bond donors (Lipinski definition) is 2. The van der Waals surface area contributed by atoms with E-state index in [4.69, 9.17) is 0 Å². The van der Waals surface area contributed by atoms with Gasteiger partial charge in [-0.05, 0) is 44.7 Å². The number of hydrogen-bond acceptors (Lipinski definition) is 3. The summed E-state index contributed by atoms with van der Waals surface area (Å²) in [5, 5.41) is 13.2. The van der Waals surface area contributed by atoms with Crippen molar-refractivity contribution in [3.05, 3.63) is 29.8 Å². The molecule has 0 bridgehead atoms. The summed E-state index contributed by atoms with van der Waals surface area (Å²) in [5.74, 6) is 0.220. The van der Waals surface area contributed by atoms with Crippen LogP contribution in [0.2, 0.25) is 0 Å². The fraction of sp³-hybridized carbons (Fsp3) is 0.611. The molecule has 0 spiro atoms. The van der Waals surface area contributed by atoms with Gasteiger partial charge in [-0.25, -0.2) is 0 Å². The van der Waals surface area contributed by atoms with Crippen molar-refractivity contribution < 1.29 is 9.90 Å². The molecular formula is C18H26N2O2. The maximum atomic E-state index is 13.1. The average molecular weight is 302 g/mol. The Morgan fingerprint density at radius 1 is 1.18 bits per heavy atom. The number of aliphatic hydroxyl groups is 1. The summed E-state index contributed by atoms with van der Waals surface area (Å²) in [7, 11) is 0. The molecule has 2 fully saturated rings. The lowest BCUT2D eigenvalue weighted by Crippen LogP contribution is -2.54. The van der Waals surface area contributed by atoms with E-state index >= 15 is 0 Å². The number of amides is 1. The Morgan fingerprint density at radius 3 is 2.36 bits per heavy atom. The van der Waals surface area contributed by atoms with E-state index in [2.05, 4.69) is 36.5 Å². The van der Waals surface area contributed by atoms with Gasteiger partial charge in [0.25, 0.3) is 0 Å². The Labute approximate surface area is 132 Å². The lowest BCUT2D eigenvalue weighted by atomic mass is 9.93. The number of carbonyl (C=O) groups excluding carboxylic acids is 1. The van der Waals surface area contributed by atoms with Gasteiger partial charge in [0.2, 0.25) is 5.91 Å². The number of likely N-dealkylation sites (tertiary alicyclic amines) is 1. The van der Waals surface area contributed by atoms with Crippen LogP contribution in [-0.4, -0.2) is 40.6 Å². The lowest BCUT2D eigenvalue weighted by Gasteiger charge is -2.38. The second kappa shape index (κ2) is 6.29. The van der Waals surface area contributed by atoms with E-state index < -0.39 is 5.54 Å². The molecule has 0 unspecified atom stereocenters. The van der Waals surface area contributed by atoms with Crippen LogP contribution in [0.1, 0.15) is 44.1 Å². The minimum atomic E-state index is -0.447. The van der Waals surface area contributed by atoms with Crippen LogP contribution in [0.3, 0.4) is 0 Å².